The molecule has 0 saturated carbocycles. The molecule has 3 rings (SSSR count). The molecular weight excluding hydrogens is 381 g/mol. The van der Waals surface area contributed by atoms with Gasteiger partial charge in [0, 0.05) is 19.3 Å². The molecule has 1 aliphatic rings. The second-order valence-electron chi connectivity index (χ2n) is 6.58. The maximum absolute atomic E-state index is 12.9. The molecule has 1 atom stereocenters. The molecule has 1 aliphatic heterocycles. The summed E-state index contributed by atoms with van der Waals surface area (Å²) >= 11 is 5.92. The Kier molecular flexibility index (Phi) is 5.55. The first-order valence-electron chi connectivity index (χ1n) is 8.50. The molecule has 0 radical (unpaired) electrons. The number of rotatable bonds is 3. The molecule has 0 spiro atoms. The van der Waals surface area contributed by atoms with Crippen molar-refractivity contribution >= 4 is 29.1 Å². The molecule has 1 fully saturated rings. The van der Waals surface area contributed by atoms with Gasteiger partial charge in [-0.15, -0.1) is 0 Å². The summed E-state index contributed by atoms with van der Waals surface area (Å²) in [7, 11) is 0. The molecule has 1 amide bonds. The van der Waals surface area contributed by atoms with E-state index < -0.39 is 17.6 Å². The van der Waals surface area contributed by atoms with E-state index in [1.54, 1.807) is 0 Å². The Balaban J connectivity index is 1.80. The number of carbonyl (C=O) groups is 1. The first-order chi connectivity index (χ1) is 12.7. The monoisotopic (exact) mass is 398 g/mol. The number of anilines is 2. The van der Waals surface area contributed by atoms with E-state index in [1.165, 1.54) is 12.3 Å². The molecule has 2 aromatic rings. The van der Waals surface area contributed by atoms with E-state index in [4.69, 9.17) is 11.6 Å². The van der Waals surface area contributed by atoms with Gasteiger partial charge in [0.1, 0.15) is 5.69 Å². The molecule has 2 heterocycles. The largest absolute Gasteiger partial charge is 0.416 e. The summed E-state index contributed by atoms with van der Waals surface area (Å²) in [6.07, 6.45) is -0.924. The molecule has 0 aliphatic carbocycles. The topological polar surface area (TPSA) is 58.1 Å². The van der Waals surface area contributed by atoms with Gasteiger partial charge < -0.3 is 10.2 Å². The predicted molar refractivity (Wildman–Crippen MR) is 97.1 cm³/mol. The summed E-state index contributed by atoms with van der Waals surface area (Å²) in [4.78, 5) is 22.9. The number of halogens is 4. The number of hydrogen-bond donors (Lipinski definition) is 1. The van der Waals surface area contributed by atoms with Crippen LogP contribution in [0.1, 0.15) is 35.8 Å². The second-order valence-corrected chi connectivity index (χ2v) is 6.99. The smallest absolute Gasteiger partial charge is 0.341 e. The van der Waals surface area contributed by atoms with Crippen molar-refractivity contribution in [1.29, 1.82) is 0 Å². The van der Waals surface area contributed by atoms with Crippen LogP contribution in [0.5, 0.6) is 0 Å². The molecule has 9 heteroatoms. The summed E-state index contributed by atoms with van der Waals surface area (Å²) in [6.45, 7) is 3.73. The fourth-order valence-corrected chi connectivity index (χ4v) is 3.15. The Bertz CT molecular complexity index is 844. The lowest BCUT2D eigenvalue weighted by atomic mass is 10.0. The Labute approximate surface area is 159 Å². The molecule has 1 saturated heterocycles. The van der Waals surface area contributed by atoms with Crippen LogP contribution < -0.4 is 10.2 Å². The normalized spacial score (nSPS) is 17.7. The number of alkyl halides is 3. The number of amides is 1. The summed E-state index contributed by atoms with van der Waals surface area (Å²) in [5, 5.41) is 2.41. The van der Waals surface area contributed by atoms with Crippen molar-refractivity contribution in [2.75, 3.05) is 23.3 Å². The summed E-state index contributed by atoms with van der Waals surface area (Å²) in [5.41, 5.74) is -0.956. The van der Waals surface area contributed by atoms with Crippen molar-refractivity contribution in [2.24, 2.45) is 5.92 Å². The average molecular weight is 399 g/mol. The van der Waals surface area contributed by atoms with Crippen LogP contribution in [0.3, 0.4) is 0 Å². The van der Waals surface area contributed by atoms with Gasteiger partial charge in [-0.3, -0.25) is 4.79 Å². The number of carbonyl (C=O) groups excluding carboxylic acids is 1. The van der Waals surface area contributed by atoms with Gasteiger partial charge in [0.15, 0.2) is 0 Å². The number of hydrogen-bond acceptors (Lipinski definition) is 4. The van der Waals surface area contributed by atoms with E-state index in [0.717, 1.165) is 44.1 Å². The van der Waals surface area contributed by atoms with Gasteiger partial charge >= 0.3 is 6.18 Å². The summed E-state index contributed by atoms with van der Waals surface area (Å²) in [6, 6.07) is 4.17. The Morgan fingerprint density at radius 3 is 2.81 bits per heavy atom. The van der Waals surface area contributed by atoms with E-state index in [1.807, 2.05) is 4.90 Å². The molecule has 0 bridgehead atoms. The van der Waals surface area contributed by atoms with E-state index in [-0.39, 0.29) is 16.4 Å². The van der Waals surface area contributed by atoms with Gasteiger partial charge in [-0.2, -0.15) is 13.2 Å². The minimum atomic E-state index is -4.53. The number of benzene rings is 1. The third-order valence-corrected chi connectivity index (χ3v) is 4.69. The fourth-order valence-electron chi connectivity index (χ4n) is 2.98. The SMILES string of the molecule is CC1CCCN(c2nccc(C(=O)Nc3cc(C(F)(F)F)ccc3Cl)n2)C1. The van der Waals surface area contributed by atoms with Gasteiger partial charge in [0.2, 0.25) is 5.95 Å². The van der Waals surface area contributed by atoms with E-state index in [0.29, 0.717) is 11.9 Å². The van der Waals surface area contributed by atoms with Crippen LogP contribution in [-0.2, 0) is 6.18 Å². The van der Waals surface area contributed by atoms with Crippen LogP contribution in [0.15, 0.2) is 30.5 Å². The third kappa shape index (κ3) is 4.68. The fraction of sp³-hybridized carbons (Fsp3) is 0.389. The Hall–Kier alpha value is -2.35. The minimum absolute atomic E-state index is 0.00971. The Morgan fingerprint density at radius 1 is 1.33 bits per heavy atom. The van der Waals surface area contributed by atoms with Gasteiger partial charge in [-0.1, -0.05) is 18.5 Å². The van der Waals surface area contributed by atoms with Crippen molar-refractivity contribution in [1.82, 2.24) is 9.97 Å². The highest BCUT2D eigenvalue weighted by molar-refractivity contribution is 6.33. The zero-order valence-corrected chi connectivity index (χ0v) is 15.3. The highest BCUT2D eigenvalue weighted by atomic mass is 35.5. The van der Waals surface area contributed by atoms with Crippen molar-refractivity contribution in [3.05, 3.63) is 46.7 Å². The van der Waals surface area contributed by atoms with Crippen molar-refractivity contribution in [2.45, 2.75) is 25.9 Å². The molecule has 1 N–H and O–H groups in total. The summed E-state index contributed by atoms with van der Waals surface area (Å²) < 4.78 is 38.6. The predicted octanol–water partition coefficient (Wildman–Crippen LogP) is 4.64. The van der Waals surface area contributed by atoms with Crippen LogP contribution >= 0.6 is 11.6 Å². The van der Waals surface area contributed by atoms with Gasteiger partial charge in [0.25, 0.3) is 5.91 Å². The summed E-state index contributed by atoms with van der Waals surface area (Å²) in [5.74, 6) is 0.290. The van der Waals surface area contributed by atoms with Gasteiger partial charge in [-0.25, -0.2) is 9.97 Å². The van der Waals surface area contributed by atoms with Crippen molar-refractivity contribution < 1.29 is 18.0 Å². The molecule has 5 nitrogen and oxygen atoms in total. The van der Waals surface area contributed by atoms with Gasteiger partial charge in [0.05, 0.1) is 16.3 Å². The second kappa shape index (κ2) is 7.72. The molecule has 144 valence electrons. The van der Waals surface area contributed by atoms with Crippen molar-refractivity contribution in [3.8, 4) is 0 Å². The van der Waals surface area contributed by atoms with Crippen LogP contribution in [0.25, 0.3) is 0 Å². The van der Waals surface area contributed by atoms with E-state index in [2.05, 4.69) is 22.2 Å². The van der Waals surface area contributed by atoms with Crippen LogP contribution in [0, 0.1) is 5.92 Å². The number of aromatic nitrogens is 2. The van der Waals surface area contributed by atoms with E-state index >= 15 is 0 Å². The average Bonchev–Trinajstić information content (AvgIpc) is 2.62. The molecule has 1 unspecified atom stereocenters. The number of piperidine rings is 1. The lowest BCUT2D eigenvalue weighted by Crippen LogP contribution is -2.35. The zero-order valence-electron chi connectivity index (χ0n) is 14.6. The maximum atomic E-state index is 12.9. The molecule has 27 heavy (non-hydrogen) atoms. The van der Waals surface area contributed by atoms with E-state index in [9.17, 15) is 18.0 Å². The van der Waals surface area contributed by atoms with Crippen molar-refractivity contribution in [3.63, 3.8) is 0 Å². The minimum Gasteiger partial charge on any atom is -0.341 e. The van der Waals surface area contributed by atoms with Crippen LogP contribution in [0.2, 0.25) is 5.02 Å². The molecule has 1 aromatic heterocycles. The number of nitrogens with one attached hydrogen (secondary N) is 1. The first kappa shape index (κ1) is 19.4. The highest BCUT2D eigenvalue weighted by Gasteiger charge is 2.31. The van der Waals surface area contributed by atoms with Crippen LogP contribution in [0.4, 0.5) is 24.8 Å². The zero-order chi connectivity index (χ0) is 19.6. The lowest BCUT2D eigenvalue weighted by molar-refractivity contribution is -0.137. The quantitative estimate of drug-likeness (QED) is 0.818. The maximum Gasteiger partial charge on any atom is 0.416 e. The first-order valence-corrected chi connectivity index (χ1v) is 8.88. The molecule has 1 aromatic carbocycles. The highest BCUT2D eigenvalue weighted by Crippen LogP contribution is 2.34. The lowest BCUT2D eigenvalue weighted by Gasteiger charge is -2.30. The Morgan fingerprint density at radius 2 is 2.11 bits per heavy atom. The molecular formula is C18H18ClF3N4O. The third-order valence-electron chi connectivity index (χ3n) is 4.36. The van der Waals surface area contributed by atoms with Crippen LogP contribution in [-0.4, -0.2) is 29.0 Å². The standard InChI is InChI=1S/C18H18ClF3N4O/c1-11-3-2-8-26(10-11)17-23-7-6-14(25-17)16(27)24-15-9-12(18(20,21)22)4-5-13(15)19/h4-7,9,11H,2-3,8,10H2,1H3,(H,24,27). The van der Waals surface area contributed by atoms with Gasteiger partial charge in [-0.05, 0) is 43.0 Å². The number of nitrogens with zero attached hydrogens (tertiary/aromatic N) is 3.